The second kappa shape index (κ2) is 10.5. The van der Waals surface area contributed by atoms with E-state index in [1.54, 1.807) is 5.32 Å². The van der Waals surface area contributed by atoms with Crippen molar-refractivity contribution in [3.8, 4) is 0 Å². The molecule has 0 aliphatic rings. The Bertz CT molecular complexity index is 728. The summed E-state index contributed by atoms with van der Waals surface area (Å²) in [6.07, 6.45) is 4.07. The molecular formula is C20H28N3O3+. The van der Waals surface area contributed by atoms with Gasteiger partial charge in [-0.25, -0.2) is 0 Å². The van der Waals surface area contributed by atoms with Crippen molar-refractivity contribution in [1.82, 2.24) is 0 Å². The van der Waals surface area contributed by atoms with Gasteiger partial charge in [-0.2, -0.15) is 0 Å². The number of benzene rings is 2. The third-order valence-corrected chi connectivity index (χ3v) is 4.43. The maximum atomic E-state index is 12.3. The van der Waals surface area contributed by atoms with Crippen LogP contribution in [0.2, 0.25) is 0 Å². The number of carbonyl (C=O) groups is 2. The molecule has 0 spiro atoms. The fourth-order valence-electron chi connectivity index (χ4n) is 2.99. The van der Waals surface area contributed by atoms with Gasteiger partial charge in [-0.1, -0.05) is 36.4 Å². The summed E-state index contributed by atoms with van der Waals surface area (Å²) in [6, 6.07) is 12.5. The van der Waals surface area contributed by atoms with Crippen molar-refractivity contribution < 1.29 is 25.7 Å². The van der Waals surface area contributed by atoms with Gasteiger partial charge in [0.15, 0.2) is 0 Å². The Kier molecular flexibility index (Phi) is 8.05. The van der Waals surface area contributed by atoms with E-state index in [2.05, 4.69) is 11.1 Å². The lowest BCUT2D eigenvalue weighted by Gasteiger charge is -2.17. The van der Waals surface area contributed by atoms with Gasteiger partial charge in [-0.05, 0) is 37.1 Å². The number of hydrogen-bond acceptors (Lipinski definition) is 3. The first-order valence-corrected chi connectivity index (χ1v) is 9.23. The zero-order chi connectivity index (χ0) is 18.8. The molecule has 26 heavy (non-hydrogen) atoms. The number of unbranched alkanes of at least 4 members (excludes halogenated alkanes) is 3. The van der Waals surface area contributed by atoms with E-state index in [-0.39, 0.29) is 12.3 Å². The number of carboxylic acid groups (broad SMARTS) is 1. The lowest BCUT2D eigenvalue weighted by Crippen LogP contribution is -2.93. The average molecular weight is 358 g/mol. The fourth-order valence-corrected chi connectivity index (χ4v) is 2.99. The zero-order valence-electron chi connectivity index (χ0n) is 15.1. The van der Waals surface area contributed by atoms with E-state index in [1.165, 1.54) is 0 Å². The summed E-state index contributed by atoms with van der Waals surface area (Å²) in [6.45, 7) is 1.61. The Balaban J connectivity index is 1.88. The summed E-state index contributed by atoms with van der Waals surface area (Å²) in [4.78, 5) is 23.7. The molecule has 0 saturated carbocycles. The number of quaternary nitrogens is 2. The minimum absolute atomic E-state index is 0.107. The molecule has 0 unspecified atom stereocenters. The standard InChI is InChI=1S/C20H27N3O3/c21-12-5-1-2-6-13-22-18(20(25)26)14-19(24)23-17-11-7-9-15-8-3-4-10-16(15)17/h3-4,7-11,18,22H,1-2,5-6,12-14,21H2,(H,23,24)(H,25,26)/p+1/t18-/m1/s1. The van der Waals surface area contributed by atoms with Crippen LogP contribution in [0.3, 0.4) is 0 Å². The molecule has 2 aromatic carbocycles. The predicted octanol–water partition coefficient (Wildman–Crippen LogP) is -0.347. The monoisotopic (exact) mass is 358 g/mol. The van der Waals surface area contributed by atoms with Gasteiger partial charge in [0.1, 0.15) is 6.04 Å². The number of carbonyl (C=O) groups excluding carboxylic acids is 2. The number of amides is 1. The second-order valence-electron chi connectivity index (χ2n) is 6.50. The van der Waals surface area contributed by atoms with Gasteiger partial charge in [0.2, 0.25) is 5.91 Å². The SMILES string of the molecule is [NH3+]CCCCCC[NH2+][C@H](CC(=O)Nc1cccc2ccccc12)C(=O)[O-]. The van der Waals surface area contributed by atoms with Crippen molar-refractivity contribution in [2.24, 2.45) is 0 Å². The normalized spacial score (nSPS) is 12.0. The molecule has 0 aromatic heterocycles. The summed E-state index contributed by atoms with van der Waals surface area (Å²) >= 11 is 0. The van der Waals surface area contributed by atoms with Crippen LogP contribution in [0.1, 0.15) is 32.1 Å². The van der Waals surface area contributed by atoms with Gasteiger partial charge < -0.3 is 26.3 Å². The molecule has 0 fully saturated rings. The second-order valence-corrected chi connectivity index (χ2v) is 6.50. The van der Waals surface area contributed by atoms with E-state index in [1.807, 2.05) is 42.5 Å². The van der Waals surface area contributed by atoms with Crippen molar-refractivity contribution in [3.63, 3.8) is 0 Å². The third kappa shape index (κ3) is 6.13. The van der Waals surface area contributed by atoms with Crippen LogP contribution >= 0.6 is 0 Å². The largest absolute Gasteiger partial charge is 0.544 e. The molecule has 0 aliphatic carbocycles. The lowest BCUT2D eigenvalue weighted by molar-refractivity contribution is -0.682. The molecule has 0 radical (unpaired) electrons. The van der Waals surface area contributed by atoms with Gasteiger partial charge >= 0.3 is 0 Å². The highest BCUT2D eigenvalue weighted by atomic mass is 16.4. The van der Waals surface area contributed by atoms with E-state index in [0.717, 1.165) is 43.0 Å². The highest BCUT2D eigenvalue weighted by Gasteiger charge is 2.18. The molecule has 2 rings (SSSR count). The molecule has 1 atom stereocenters. The molecule has 0 bridgehead atoms. The minimum Gasteiger partial charge on any atom is -0.544 e. The molecule has 6 heteroatoms. The van der Waals surface area contributed by atoms with Crippen LogP contribution in [0.15, 0.2) is 42.5 Å². The first-order chi connectivity index (χ1) is 12.6. The van der Waals surface area contributed by atoms with Crippen LogP contribution < -0.4 is 21.5 Å². The zero-order valence-corrected chi connectivity index (χ0v) is 15.1. The van der Waals surface area contributed by atoms with Gasteiger partial charge in [0.05, 0.1) is 25.5 Å². The Morgan fingerprint density at radius 2 is 1.77 bits per heavy atom. The molecular weight excluding hydrogens is 330 g/mol. The van der Waals surface area contributed by atoms with E-state index in [0.29, 0.717) is 12.2 Å². The third-order valence-electron chi connectivity index (χ3n) is 4.43. The average Bonchev–Trinajstić information content (AvgIpc) is 2.63. The lowest BCUT2D eigenvalue weighted by atomic mass is 10.1. The van der Waals surface area contributed by atoms with Crippen LogP contribution in [-0.4, -0.2) is 31.0 Å². The van der Waals surface area contributed by atoms with E-state index >= 15 is 0 Å². The maximum absolute atomic E-state index is 12.3. The fraction of sp³-hybridized carbons (Fsp3) is 0.400. The highest BCUT2D eigenvalue weighted by Crippen LogP contribution is 2.23. The van der Waals surface area contributed by atoms with Crippen molar-refractivity contribution in [1.29, 1.82) is 0 Å². The molecule has 140 valence electrons. The topological polar surface area (TPSA) is 113 Å². The number of hydrogen-bond donors (Lipinski definition) is 3. The summed E-state index contributed by atoms with van der Waals surface area (Å²) in [7, 11) is 0. The number of aliphatic carboxylic acids is 1. The number of rotatable bonds is 11. The summed E-state index contributed by atoms with van der Waals surface area (Å²) in [5, 5.41) is 17.8. The van der Waals surface area contributed by atoms with Gasteiger partial charge in [-0.3, -0.25) is 4.79 Å². The molecule has 0 aliphatic heterocycles. The Labute approximate surface area is 153 Å². The van der Waals surface area contributed by atoms with Crippen molar-refractivity contribution in [3.05, 3.63) is 42.5 Å². The quantitative estimate of drug-likeness (QED) is 0.477. The van der Waals surface area contributed by atoms with Crippen molar-refractivity contribution in [2.75, 3.05) is 18.4 Å². The molecule has 1 amide bonds. The van der Waals surface area contributed by atoms with Crippen LogP contribution in [0.4, 0.5) is 5.69 Å². The molecule has 0 heterocycles. The maximum Gasteiger partial charge on any atom is 0.230 e. The Morgan fingerprint density at radius 3 is 2.54 bits per heavy atom. The number of fused-ring (bicyclic) bond motifs is 1. The number of carboxylic acids is 1. The van der Waals surface area contributed by atoms with Crippen LogP contribution in [0.25, 0.3) is 10.8 Å². The summed E-state index contributed by atoms with van der Waals surface area (Å²) in [5.41, 5.74) is 4.50. The van der Waals surface area contributed by atoms with Gasteiger partial charge in [0, 0.05) is 11.1 Å². The number of nitrogens with two attached hydrogens (primary N) is 1. The van der Waals surface area contributed by atoms with Gasteiger partial charge in [0.25, 0.3) is 0 Å². The Morgan fingerprint density at radius 1 is 1.04 bits per heavy atom. The van der Waals surface area contributed by atoms with E-state index < -0.39 is 12.0 Å². The van der Waals surface area contributed by atoms with Crippen molar-refractivity contribution in [2.45, 2.75) is 38.1 Å². The van der Waals surface area contributed by atoms with Crippen LogP contribution in [0.5, 0.6) is 0 Å². The number of anilines is 1. The smallest absolute Gasteiger partial charge is 0.230 e. The summed E-state index contributed by atoms with van der Waals surface area (Å²) < 4.78 is 0. The summed E-state index contributed by atoms with van der Waals surface area (Å²) in [5.74, 6) is -1.51. The van der Waals surface area contributed by atoms with Crippen LogP contribution in [-0.2, 0) is 9.59 Å². The van der Waals surface area contributed by atoms with Gasteiger partial charge in [-0.15, -0.1) is 0 Å². The number of nitrogens with one attached hydrogen (secondary N) is 1. The highest BCUT2D eigenvalue weighted by molar-refractivity contribution is 6.02. The minimum atomic E-state index is -1.20. The van der Waals surface area contributed by atoms with Crippen molar-refractivity contribution >= 4 is 28.3 Å². The van der Waals surface area contributed by atoms with E-state index in [4.69, 9.17) is 0 Å². The molecule has 0 saturated heterocycles. The first-order valence-electron chi connectivity index (χ1n) is 9.23. The Hall–Kier alpha value is -2.44. The molecule has 6 N–H and O–H groups in total. The predicted molar refractivity (Wildman–Crippen MR) is 99.0 cm³/mol. The van der Waals surface area contributed by atoms with Crippen LogP contribution in [0, 0.1) is 0 Å². The van der Waals surface area contributed by atoms with E-state index in [9.17, 15) is 14.7 Å². The molecule has 2 aromatic rings. The molecule has 6 nitrogen and oxygen atoms in total. The first kappa shape index (κ1) is 19.9.